The van der Waals surface area contributed by atoms with Crippen LogP contribution in [-0.2, 0) is 4.79 Å². The highest BCUT2D eigenvalue weighted by molar-refractivity contribution is 5.99. The number of carbonyl (C=O) groups is 1. The van der Waals surface area contributed by atoms with Gasteiger partial charge < -0.3 is 5.32 Å². The maximum Gasteiger partial charge on any atom is 0.259 e. The highest BCUT2D eigenvalue weighted by atomic mass is 16.2. The Morgan fingerprint density at radius 3 is 2.45 bits per heavy atom. The van der Waals surface area contributed by atoms with Crippen LogP contribution in [0.25, 0.3) is 0 Å². The predicted octanol–water partition coefficient (Wildman–Crippen LogP) is 3.26. The average Bonchev–Trinajstić information content (AvgIpc) is 2.54. The monoisotopic (exact) mass is 295 g/mol. The van der Waals surface area contributed by atoms with Crippen molar-refractivity contribution in [3.8, 4) is 0 Å². The van der Waals surface area contributed by atoms with Gasteiger partial charge in [0.15, 0.2) is 0 Å². The highest BCUT2D eigenvalue weighted by Crippen LogP contribution is 2.10. The Labute approximate surface area is 131 Å². The number of amides is 1. The lowest BCUT2D eigenvalue weighted by Gasteiger charge is -2.07. The van der Waals surface area contributed by atoms with E-state index in [0.29, 0.717) is 0 Å². The number of carbonyl (C=O) groups excluding carboxylic acids is 1. The van der Waals surface area contributed by atoms with Gasteiger partial charge in [-0.15, -0.1) is 0 Å². The number of rotatable bonds is 5. The minimum atomic E-state index is -0.174. The molecule has 0 radical (unpaired) electrons. The molecule has 0 bridgehead atoms. The molecule has 0 atom stereocenters. The van der Waals surface area contributed by atoms with E-state index in [1.54, 1.807) is 0 Å². The summed E-state index contributed by atoms with van der Waals surface area (Å²) in [4.78, 5) is 11.8. The van der Waals surface area contributed by atoms with Gasteiger partial charge in [-0.3, -0.25) is 4.79 Å². The fraction of sp³-hybridized carbons (Fsp3) is 0.222. The van der Waals surface area contributed by atoms with E-state index in [9.17, 15) is 4.79 Å². The first kappa shape index (κ1) is 15.8. The number of benzene rings is 2. The molecular formula is C18H21N3O. The van der Waals surface area contributed by atoms with Crippen molar-refractivity contribution in [3.05, 3.63) is 65.2 Å². The van der Waals surface area contributed by atoms with Crippen LogP contribution >= 0.6 is 0 Å². The molecule has 4 heteroatoms. The van der Waals surface area contributed by atoms with E-state index >= 15 is 0 Å². The lowest BCUT2D eigenvalue weighted by Crippen LogP contribution is -2.26. The van der Waals surface area contributed by atoms with Crippen LogP contribution in [0.5, 0.6) is 0 Å². The first-order chi connectivity index (χ1) is 10.6. The van der Waals surface area contributed by atoms with E-state index in [4.69, 9.17) is 0 Å². The molecule has 2 aromatic rings. The number of hydrogen-bond donors (Lipinski definition) is 2. The van der Waals surface area contributed by atoms with Gasteiger partial charge in [-0.05, 0) is 55.7 Å². The van der Waals surface area contributed by atoms with Crippen LogP contribution in [0.3, 0.4) is 0 Å². The Morgan fingerprint density at radius 2 is 1.77 bits per heavy atom. The molecule has 2 aromatic carbocycles. The van der Waals surface area contributed by atoms with Gasteiger partial charge in [0.25, 0.3) is 5.91 Å². The summed E-state index contributed by atoms with van der Waals surface area (Å²) >= 11 is 0. The molecule has 0 saturated heterocycles. The molecule has 0 spiro atoms. The summed E-state index contributed by atoms with van der Waals surface area (Å²) in [7, 11) is 0. The first-order valence-corrected chi connectivity index (χ1v) is 7.26. The molecule has 114 valence electrons. The van der Waals surface area contributed by atoms with Crippen LogP contribution in [0.4, 0.5) is 5.69 Å². The maximum atomic E-state index is 11.8. The highest BCUT2D eigenvalue weighted by Gasteiger charge is 2.02. The molecule has 1 amide bonds. The Morgan fingerprint density at radius 1 is 1.05 bits per heavy atom. The Bertz CT molecular complexity index is 678. The van der Waals surface area contributed by atoms with Crippen LogP contribution < -0.4 is 10.7 Å². The fourth-order valence-corrected chi connectivity index (χ4v) is 1.96. The number of aryl methyl sites for hydroxylation is 2. The minimum Gasteiger partial charge on any atom is -0.376 e. The molecule has 0 aliphatic carbocycles. The summed E-state index contributed by atoms with van der Waals surface area (Å²) in [5, 5.41) is 7.20. The Kier molecular flexibility index (Phi) is 5.31. The normalized spacial score (nSPS) is 11.1. The van der Waals surface area contributed by atoms with Crippen LogP contribution in [0, 0.1) is 13.8 Å². The Hall–Kier alpha value is -2.62. The van der Waals surface area contributed by atoms with Crippen molar-refractivity contribution in [2.45, 2.75) is 20.8 Å². The van der Waals surface area contributed by atoms with Crippen molar-refractivity contribution in [2.24, 2.45) is 5.10 Å². The van der Waals surface area contributed by atoms with Crippen molar-refractivity contribution >= 4 is 17.3 Å². The fourth-order valence-electron chi connectivity index (χ4n) is 1.96. The van der Waals surface area contributed by atoms with Crippen LogP contribution in [0.2, 0.25) is 0 Å². The van der Waals surface area contributed by atoms with Crippen molar-refractivity contribution < 1.29 is 4.79 Å². The molecule has 0 aliphatic rings. The van der Waals surface area contributed by atoms with Gasteiger partial charge in [0.2, 0.25) is 0 Å². The summed E-state index contributed by atoms with van der Waals surface area (Å²) in [6, 6.07) is 15.7. The number of nitrogens with zero attached hydrogens (tertiary/aromatic N) is 1. The van der Waals surface area contributed by atoms with E-state index in [0.717, 1.165) is 17.0 Å². The van der Waals surface area contributed by atoms with Gasteiger partial charge in [-0.25, -0.2) is 5.43 Å². The van der Waals surface area contributed by atoms with Crippen molar-refractivity contribution in [3.63, 3.8) is 0 Å². The molecule has 22 heavy (non-hydrogen) atoms. The van der Waals surface area contributed by atoms with Crippen LogP contribution in [0.15, 0.2) is 53.6 Å². The largest absolute Gasteiger partial charge is 0.376 e. The molecule has 0 aromatic heterocycles. The molecule has 0 heterocycles. The zero-order chi connectivity index (χ0) is 15.9. The SMILES string of the molecule is C/C(=N\NC(=O)CNc1ccccc1)c1ccc(C)c(C)c1. The molecule has 0 aliphatic heterocycles. The average molecular weight is 295 g/mol. The summed E-state index contributed by atoms with van der Waals surface area (Å²) in [6.07, 6.45) is 0. The number of anilines is 1. The molecule has 0 unspecified atom stereocenters. The van der Waals surface area contributed by atoms with Gasteiger partial charge in [-0.2, -0.15) is 5.10 Å². The number of hydrogen-bond acceptors (Lipinski definition) is 3. The quantitative estimate of drug-likeness (QED) is 0.657. The number of para-hydroxylation sites is 1. The zero-order valence-corrected chi connectivity index (χ0v) is 13.2. The summed E-state index contributed by atoms with van der Waals surface area (Å²) < 4.78 is 0. The smallest absolute Gasteiger partial charge is 0.259 e. The van der Waals surface area contributed by atoms with Crippen molar-refractivity contribution in [2.75, 3.05) is 11.9 Å². The standard InChI is InChI=1S/C18H21N3O/c1-13-9-10-16(11-14(13)2)15(3)20-21-18(22)12-19-17-7-5-4-6-8-17/h4-11,19H,12H2,1-3H3,(H,21,22)/b20-15+. The van der Waals surface area contributed by atoms with Gasteiger partial charge in [0.1, 0.15) is 0 Å². The van der Waals surface area contributed by atoms with Crippen molar-refractivity contribution in [1.82, 2.24) is 5.43 Å². The third kappa shape index (κ3) is 4.45. The summed E-state index contributed by atoms with van der Waals surface area (Å²) in [6.45, 7) is 6.21. The van der Waals surface area contributed by atoms with Gasteiger partial charge >= 0.3 is 0 Å². The molecule has 4 nitrogen and oxygen atoms in total. The second-order valence-electron chi connectivity index (χ2n) is 5.25. The third-order valence-electron chi connectivity index (χ3n) is 3.50. The predicted molar refractivity (Wildman–Crippen MR) is 91.2 cm³/mol. The van der Waals surface area contributed by atoms with Gasteiger partial charge in [0.05, 0.1) is 12.3 Å². The topological polar surface area (TPSA) is 53.5 Å². The lowest BCUT2D eigenvalue weighted by atomic mass is 10.0. The van der Waals surface area contributed by atoms with E-state index in [2.05, 4.69) is 41.8 Å². The lowest BCUT2D eigenvalue weighted by molar-refractivity contribution is -0.119. The van der Waals surface area contributed by atoms with Crippen LogP contribution in [-0.4, -0.2) is 18.2 Å². The summed E-state index contributed by atoms with van der Waals surface area (Å²) in [5.74, 6) is -0.174. The first-order valence-electron chi connectivity index (χ1n) is 7.26. The van der Waals surface area contributed by atoms with Gasteiger partial charge in [-0.1, -0.05) is 30.3 Å². The molecule has 0 fully saturated rings. The van der Waals surface area contributed by atoms with E-state index < -0.39 is 0 Å². The second-order valence-corrected chi connectivity index (χ2v) is 5.25. The maximum absolute atomic E-state index is 11.8. The zero-order valence-electron chi connectivity index (χ0n) is 13.2. The summed E-state index contributed by atoms with van der Waals surface area (Å²) in [5.41, 5.74) is 7.74. The van der Waals surface area contributed by atoms with Crippen molar-refractivity contribution in [1.29, 1.82) is 0 Å². The third-order valence-corrected chi connectivity index (χ3v) is 3.50. The molecule has 2 rings (SSSR count). The molecule has 2 N–H and O–H groups in total. The van der Waals surface area contributed by atoms with E-state index in [1.807, 2.05) is 43.3 Å². The number of nitrogens with one attached hydrogen (secondary N) is 2. The van der Waals surface area contributed by atoms with E-state index in [-0.39, 0.29) is 12.5 Å². The molecule has 0 saturated carbocycles. The Balaban J connectivity index is 1.90. The molecular weight excluding hydrogens is 274 g/mol. The van der Waals surface area contributed by atoms with E-state index in [1.165, 1.54) is 11.1 Å². The van der Waals surface area contributed by atoms with Crippen LogP contribution in [0.1, 0.15) is 23.6 Å². The second kappa shape index (κ2) is 7.41. The van der Waals surface area contributed by atoms with Gasteiger partial charge in [0, 0.05) is 5.69 Å². The minimum absolute atomic E-state index is 0.174. The number of hydrazone groups is 1.